The first kappa shape index (κ1) is 19.1. The summed E-state index contributed by atoms with van der Waals surface area (Å²) in [7, 11) is 0. The third kappa shape index (κ3) is 3.37. The van der Waals surface area contributed by atoms with Crippen LogP contribution in [0.4, 0.5) is 10.1 Å². The van der Waals surface area contributed by atoms with E-state index >= 15 is 0 Å². The first-order valence-corrected chi connectivity index (χ1v) is 9.64. The number of hydrogen-bond donors (Lipinski definition) is 2. The van der Waals surface area contributed by atoms with Gasteiger partial charge < -0.3 is 10.6 Å². The second-order valence-corrected chi connectivity index (χ2v) is 8.22. The van der Waals surface area contributed by atoms with E-state index < -0.39 is 5.41 Å². The van der Waals surface area contributed by atoms with Crippen LogP contribution in [-0.4, -0.2) is 11.8 Å². The molecule has 2 N–H and O–H groups in total. The molecular formula is C24H23FN2O2. The third-order valence-corrected chi connectivity index (χ3v) is 5.90. The molecule has 1 aliphatic heterocycles. The Bertz CT molecular complexity index is 1050. The van der Waals surface area contributed by atoms with Crippen LogP contribution in [0, 0.1) is 24.1 Å². The molecule has 0 spiro atoms. The number of amides is 2. The number of fused-ring (bicyclic) bond motifs is 1. The molecule has 29 heavy (non-hydrogen) atoms. The zero-order valence-electron chi connectivity index (χ0n) is 16.6. The molecule has 1 saturated heterocycles. The number of aryl methyl sites for hydroxylation is 1. The van der Waals surface area contributed by atoms with Crippen LogP contribution < -0.4 is 10.6 Å². The summed E-state index contributed by atoms with van der Waals surface area (Å²) in [5, 5.41) is 5.82. The maximum Gasteiger partial charge on any atom is 0.255 e. The smallest absolute Gasteiger partial charge is 0.255 e. The maximum absolute atomic E-state index is 13.1. The summed E-state index contributed by atoms with van der Waals surface area (Å²) in [4.78, 5) is 25.3. The maximum atomic E-state index is 13.1. The van der Waals surface area contributed by atoms with E-state index in [-0.39, 0.29) is 29.5 Å². The average molecular weight is 390 g/mol. The lowest BCUT2D eigenvalue weighted by Gasteiger charge is -2.32. The van der Waals surface area contributed by atoms with Crippen molar-refractivity contribution in [1.29, 1.82) is 0 Å². The molecule has 0 radical (unpaired) electrons. The fraction of sp³-hybridized carbons (Fsp3) is 0.250. The van der Waals surface area contributed by atoms with Gasteiger partial charge in [-0.15, -0.1) is 0 Å². The number of carbonyl (C=O) groups excluding carboxylic acids is 2. The van der Waals surface area contributed by atoms with E-state index in [1.54, 1.807) is 0 Å². The Kier molecular flexibility index (Phi) is 4.61. The lowest BCUT2D eigenvalue weighted by atomic mass is 9.68. The van der Waals surface area contributed by atoms with Crippen molar-refractivity contribution in [2.24, 2.45) is 11.3 Å². The van der Waals surface area contributed by atoms with Gasteiger partial charge in [-0.3, -0.25) is 9.59 Å². The van der Waals surface area contributed by atoms with Gasteiger partial charge in [-0.05, 0) is 54.5 Å². The van der Waals surface area contributed by atoms with Gasteiger partial charge in [0.25, 0.3) is 5.91 Å². The standard InChI is InChI=1S/C24H23FN2O2/c1-14-7-8-15(13-19(14)22(28)26-17-11-9-16(25)10-12-17)18-5-4-6-20-21(18)24(2,3)23(29)27-20/h4-13,18,21H,1-3H3,(H,26,28)(H,27,29). The van der Waals surface area contributed by atoms with Crippen molar-refractivity contribution >= 4 is 17.5 Å². The molecule has 2 aromatic rings. The largest absolute Gasteiger partial charge is 0.329 e. The Labute approximate surface area is 169 Å². The van der Waals surface area contributed by atoms with Gasteiger partial charge in [-0.2, -0.15) is 0 Å². The van der Waals surface area contributed by atoms with Crippen molar-refractivity contribution in [1.82, 2.24) is 5.32 Å². The molecule has 1 fully saturated rings. The molecule has 0 saturated carbocycles. The molecule has 2 aliphatic rings. The second-order valence-electron chi connectivity index (χ2n) is 8.22. The number of anilines is 1. The highest BCUT2D eigenvalue weighted by atomic mass is 19.1. The Balaban J connectivity index is 1.65. The van der Waals surface area contributed by atoms with Crippen molar-refractivity contribution in [2.45, 2.75) is 26.7 Å². The van der Waals surface area contributed by atoms with Crippen LogP contribution in [-0.2, 0) is 4.79 Å². The molecule has 1 heterocycles. The van der Waals surface area contributed by atoms with Crippen LogP contribution in [0.5, 0.6) is 0 Å². The molecule has 1 aliphatic carbocycles. The third-order valence-electron chi connectivity index (χ3n) is 5.90. The fourth-order valence-electron chi connectivity index (χ4n) is 4.20. The summed E-state index contributed by atoms with van der Waals surface area (Å²) in [6.45, 7) is 5.79. The highest BCUT2D eigenvalue weighted by molar-refractivity contribution is 6.05. The van der Waals surface area contributed by atoms with E-state index in [4.69, 9.17) is 0 Å². The Hall–Kier alpha value is -3.21. The molecule has 0 aromatic heterocycles. The molecule has 4 rings (SSSR count). The zero-order chi connectivity index (χ0) is 20.8. The first-order valence-electron chi connectivity index (χ1n) is 9.64. The summed E-state index contributed by atoms with van der Waals surface area (Å²) in [5.74, 6) is -0.593. The van der Waals surface area contributed by atoms with Gasteiger partial charge in [0.1, 0.15) is 5.82 Å². The molecule has 4 nitrogen and oxygen atoms in total. The number of hydrogen-bond acceptors (Lipinski definition) is 2. The van der Waals surface area contributed by atoms with Gasteiger partial charge in [0.2, 0.25) is 5.91 Å². The van der Waals surface area contributed by atoms with E-state index in [1.807, 2.05) is 51.1 Å². The SMILES string of the molecule is Cc1ccc(C2C=CC=C3NC(=O)C(C)(C)C32)cc1C(=O)Nc1ccc(F)cc1. The summed E-state index contributed by atoms with van der Waals surface area (Å²) in [6.07, 6.45) is 5.99. The van der Waals surface area contributed by atoms with Crippen LogP contribution in [0.25, 0.3) is 0 Å². The Morgan fingerprint density at radius 3 is 2.59 bits per heavy atom. The van der Waals surface area contributed by atoms with Gasteiger partial charge in [-0.1, -0.05) is 38.1 Å². The predicted molar refractivity (Wildman–Crippen MR) is 111 cm³/mol. The van der Waals surface area contributed by atoms with Gasteiger partial charge in [0.15, 0.2) is 0 Å². The lowest BCUT2D eigenvalue weighted by Crippen LogP contribution is -2.31. The molecule has 2 atom stereocenters. The van der Waals surface area contributed by atoms with Gasteiger partial charge in [0.05, 0.1) is 5.41 Å². The van der Waals surface area contributed by atoms with E-state index in [0.29, 0.717) is 11.3 Å². The summed E-state index contributed by atoms with van der Waals surface area (Å²) in [5.41, 5.74) is 3.32. The van der Waals surface area contributed by atoms with Gasteiger partial charge in [0, 0.05) is 28.8 Å². The molecule has 0 bridgehead atoms. The molecule has 2 amide bonds. The summed E-state index contributed by atoms with van der Waals surface area (Å²) in [6, 6.07) is 11.5. The molecular weight excluding hydrogens is 367 g/mol. The molecule has 5 heteroatoms. The minimum Gasteiger partial charge on any atom is -0.329 e. The summed E-state index contributed by atoms with van der Waals surface area (Å²) >= 11 is 0. The number of allylic oxidation sites excluding steroid dienone is 4. The summed E-state index contributed by atoms with van der Waals surface area (Å²) < 4.78 is 13.1. The normalized spacial score (nSPS) is 21.9. The molecule has 2 unspecified atom stereocenters. The Morgan fingerprint density at radius 1 is 1.14 bits per heavy atom. The van der Waals surface area contributed by atoms with Crippen molar-refractivity contribution in [3.63, 3.8) is 0 Å². The number of nitrogens with one attached hydrogen (secondary N) is 2. The van der Waals surface area contributed by atoms with Crippen LogP contribution in [0.2, 0.25) is 0 Å². The highest BCUT2D eigenvalue weighted by Crippen LogP contribution is 2.48. The molecule has 2 aromatic carbocycles. The van der Waals surface area contributed by atoms with Crippen LogP contribution in [0.3, 0.4) is 0 Å². The highest BCUT2D eigenvalue weighted by Gasteiger charge is 2.49. The molecule has 148 valence electrons. The van der Waals surface area contributed by atoms with E-state index in [0.717, 1.165) is 16.8 Å². The monoisotopic (exact) mass is 390 g/mol. The van der Waals surface area contributed by atoms with Crippen LogP contribution >= 0.6 is 0 Å². The topological polar surface area (TPSA) is 58.2 Å². The second kappa shape index (κ2) is 6.99. The zero-order valence-corrected chi connectivity index (χ0v) is 16.6. The minimum absolute atomic E-state index is 0.00397. The predicted octanol–water partition coefficient (Wildman–Crippen LogP) is 4.70. The van der Waals surface area contributed by atoms with E-state index in [2.05, 4.69) is 16.7 Å². The number of benzene rings is 2. The average Bonchev–Trinajstić information content (AvgIpc) is 2.93. The van der Waals surface area contributed by atoms with E-state index in [1.165, 1.54) is 24.3 Å². The van der Waals surface area contributed by atoms with Gasteiger partial charge in [-0.25, -0.2) is 4.39 Å². The van der Waals surface area contributed by atoms with Crippen LogP contribution in [0.1, 0.15) is 41.3 Å². The lowest BCUT2D eigenvalue weighted by molar-refractivity contribution is -0.127. The fourth-order valence-corrected chi connectivity index (χ4v) is 4.20. The van der Waals surface area contributed by atoms with Gasteiger partial charge >= 0.3 is 0 Å². The first-order chi connectivity index (χ1) is 13.8. The number of halogens is 1. The van der Waals surface area contributed by atoms with Crippen molar-refractivity contribution in [3.8, 4) is 0 Å². The van der Waals surface area contributed by atoms with Crippen molar-refractivity contribution in [2.75, 3.05) is 5.32 Å². The minimum atomic E-state index is -0.539. The Morgan fingerprint density at radius 2 is 1.86 bits per heavy atom. The van der Waals surface area contributed by atoms with E-state index in [9.17, 15) is 14.0 Å². The van der Waals surface area contributed by atoms with Crippen molar-refractivity contribution < 1.29 is 14.0 Å². The quantitative estimate of drug-likeness (QED) is 0.798. The number of rotatable bonds is 3. The number of carbonyl (C=O) groups is 2. The van der Waals surface area contributed by atoms with Crippen molar-refractivity contribution in [3.05, 3.63) is 88.9 Å². The van der Waals surface area contributed by atoms with Crippen LogP contribution in [0.15, 0.2) is 66.4 Å².